The third kappa shape index (κ3) is 5.18. The predicted octanol–water partition coefficient (Wildman–Crippen LogP) is 14.6. The maximum atomic E-state index is 5.31. The van der Waals surface area contributed by atoms with Crippen molar-refractivity contribution >= 4 is 10.8 Å². The summed E-state index contributed by atoms with van der Waals surface area (Å²) in [4.78, 5) is 10.6. The van der Waals surface area contributed by atoms with E-state index in [1.807, 2.05) is 6.07 Å². The van der Waals surface area contributed by atoms with Gasteiger partial charge in [0.2, 0.25) is 0 Å². The van der Waals surface area contributed by atoms with E-state index in [0.29, 0.717) is 0 Å². The molecule has 0 fully saturated rings. The highest BCUT2D eigenvalue weighted by Gasteiger charge is 2.39. The van der Waals surface area contributed by atoms with Gasteiger partial charge >= 0.3 is 0 Å². The van der Waals surface area contributed by atoms with Crippen LogP contribution in [0.5, 0.6) is 0 Å². The van der Waals surface area contributed by atoms with Crippen molar-refractivity contribution in [2.75, 3.05) is 0 Å². The van der Waals surface area contributed by atoms with Gasteiger partial charge in [-0.2, -0.15) is 0 Å². The Hall–Kier alpha value is -6.90. The van der Waals surface area contributed by atoms with Crippen LogP contribution in [0.1, 0.15) is 49.9 Å². The summed E-state index contributed by atoms with van der Waals surface area (Å²) in [5.41, 5.74) is 20.4. The second-order valence-electron chi connectivity index (χ2n) is 16.9. The van der Waals surface area contributed by atoms with Crippen LogP contribution in [0.4, 0.5) is 0 Å². The van der Waals surface area contributed by atoms with Gasteiger partial charge in [0, 0.05) is 27.5 Å². The van der Waals surface area contributed by atoms with E-state index < -0.39 is 0 Å². The first kappa shape index (κ1) is 34.4. The number of aromatic nitrogens is 2. The van der Waals surface area contributed by atoms with Crippen LogP contribution in [0.25, 0.3) is 89.2 Å². The number of nitrogens with zero attached hydrogens (tertiary/aromatic N) is 2. The van der Waals surface area contributed by atoms with E-state index in [2.05, 4.69) is 204 Å². The van der Waals surface area contributed by atoms with Crippen LogP contribution in [0.2, 0.25) is 0 Å². The Morgan fingerprint density at radius 1 is 0.328 bits per heavy atom. The lowest BCUT2D eigenvalue weighted by Crippen LogP contribution is -2.16. The molecule has 0 radical (unpaired) electrons. The Labute approximate surface area is 340 Å². The zero-order valence-electron chi connectivity index (χ0n) is 33.2. The van der Waals surface area contributed by atoms with Crippen molar-refractivity contribution in [2.24, 2.45) is 0 Å². The van der Waals surface area contributed by atoms with Gasteiger partial charge in [-0.25, -0.2) is 9.97 Å². The summed E-state index contributed by atoms with van der Waals surface area (Å²) in [6, 6.07) is 66.2. The van der Waals surface area contributed by atoms with Crippen molar-refractivity contribution < 1.29 is 0 Å². The van der Waals surface area contributed by atoms with Gasteiger partial charge < -0.3 is 0 Å². The average Bonchev–Trinajstić information content (AvgIpc) is 3.65. The van der Waals surface area contributed by atoms with Crippen molar-refractivity contribution in [1.82, 2.24) is 9.97 Å². The maximum Gasteiger partial charge on any atom is 0.160 e. The summed E-state index contributed by atoms with van der Waals surface area (Å²) in [7, 11) is 0. The molecule has 2 heteroatoms. The number of hydrogen-bond donors (Lipinski definition) is 0. The second kappa shape index (κ2) is 12.8. The first-order valence-electron chi connectivity index (χ1n) is 20.3. The van der Waals surface area contributed by atoms with E-state index in [1.165, 1.54) is 77.5 Å². The van der Waals surface area contributed by atoms with Crippen LogP contribution in [-0.4, -0.2) is 9.97 Å². The van der Waals surface area contributed by atoms with E-state index in [1.54, 1.807) is 0 Å². The van der Waals surface area contributed by atoms with Gasteiger partial charge in [-0.15, -0.1) is 0 Å². The molecule has 1 heterocycles. The molecule has 2 aliphatic rings. The highest BCUT2D eigenvalue weighted by atomic mass is 14.9. The van der Waals surface area contributed by atoms with E-state index in [0.717, 1.165) is 33.9 Å². The molecule has 2 aliphatic carbocycles. The summed E-state index contributed by atoms with van der Waals surface area (Å²) in [5, 5.41) is 2.52. The van der Waals surface area contributed by atoms with Gasteiger partial charge in [-0.3, -0.25) is 0 Å². The van der Waals surface area contributed by atoms with Gasteiger partial charge in [0.25, 0.3) is 0 Å². The van der Waals surface area contributed by atoms with Gasteiger partial charge in [-0.05, 0) is 95.7 Å². The molecular formula is C56H42N2. The fraction of sp³-hybridized carbons (Fsp3) is 0.107. The third-order valence-electron chi connectivity index (χ3n) is 12.9. The normalized spacial score (nSPS) is 14.1. The summed E-state index contributed by atoms with van der Waals surface area (Å²) in [5.74, 6) is 0.720. The Morgan fingerprint density at radius 2 is 0.879 bits per heavy atom. The third-order valence-corrected chi connectivity index (χ3v) is 12.9. The molecule has 1 aromatic heterocycles. The molecule has 0 atom stereocenters. The lowest BCUT2D eigenvalue weighted by atomic mass is 9.78. The highest BCUT2D eigenvalue weighted by molar-refractivity contribution is 5.99. The van der Waals surface area contributed by atoms with E-state index >= 15 is 0 Å². The monoisotopic (exact) mass is 742 g/mol. The van der Waals surface area contributed by atoms with Gasteiger partial charge in [0.1, 0.15) is 0 Å². The molecule has 0 unspecified atom stereocenters. The average molecular weight is 743 g/mol. The van der Waals surface area contributed by atoms with Gasteiger partial charge in [-0.1, -0.05) is 191 Å². The van der Waals surface area contributed by atoms with Crippen molar-refractivity contribution in [3.05, 3.63) is 204 Å². The van der Waals surface area contributed by atoms with Crippen LogP contribution in [0, 0.1) is 0 Å². The molecule has 9 aromatic rings. The topological polar surface area (TPSA) is 25.8 Å². The Balaban J connectivity index is 1.04. The van der Waals surface area contributed by atoms with Crippen molar-refractivity contribution in [3.63, 3.8) is 0 Å². The lowest BCUT2D eigenvalue weighted by Gasteiger charge is -2.25. The molecule has 0 N–H and O–H groups in total. The zero-order chi connectivity index (χ0) is 39.2. The molecule has 58 heavy (non-hydrogen) atoms. The number of rotatable bonds is 5. The SMILES string of the molecule is CC1(C)c2cc3ccccc3cc2-c2c(-c3cc(-c4ccc(-c5ccccc5-c5cccc6c5C(C)(C)c5ccccc5-6)cc4)nc(-c4ccccc4)n3)cccc21. The largest absolute Gasteiger partial charge is 0.228 e. The summed E-state index contributed by atoms with van der Waals surface area (Å²) >= 11 is 0. The molecule has 0 amide bonds. The van der Waals surface area contributed by atoms with Crippen LogP contribution in [0.15, 0.2) is 182 Å². The Morgan fingerprint density at radius 3 is 1.66 bits per heavy atom. The van der Waals surface area contributed by atoms with Crippen LogP contribution < -0.4 is 0 Å². The second-order valence-corrected chi connectivity index (χ2v) is 16.9. The highest BCUT2D eigenvalue weighted by Crippen LogP contribution is 2.54. The lowest BCUT2D eigenvalue weighted by molar-refractivity contribution is 0.661. The molecule has 276 valence electrons. The van der Waals surface area contributed by atoms with E-state index in [4.69, 9.17) is 9.97 Å². The molecular weight excluding hydrogens is 701 g/mol. The van der Waals surface area contributed by atoms with Gasteiger partial charge in [0.05, 0.1) is 11.4 Å². The zero-order valence-corrected chi connectivity index (χ0v) is 33.2. The van der Waals surface area contributed by atoms with E-state index in [-0.39, 0.29) is 10.8 Å². The molecule has 2 nitrogen and oxygen atoms in total. The Kier molecular flexibility index (Phi) is 7.59. The number of hydrogen-bond acceptors (Lipinski definition) is 2. The quantitative estimate of drug-likeness (QED) is 0.175. The molecule has 0 saturated carbocycles. The predicted molar refractivity (Wildman–Crippen MR) is 242 cm³/mol. The molecule has 0 spiro atoms. The smallest absolute Gasteiger partial charge is 0.160 e. The summed E-state index contributed by atoms with van der Waals surface area (Å²) in [6.45, 7) is 9.43. The first-order valence-corrected chi connectivity index (χ1v) is 20.3. The van der Waals surface area contributed by atoms with Crippen molar-refractivity contribution in [1.29, 1.82) is 0 Å². The van der Waals surface area contributed by atoms with Crippen molar-refractivity contribution in [3.8, 4) is 78.4 Å². The molecule has 0 bridgehead atoms. The fourth-order valence-corrected chi connectivity index (χ4v) is 10.00. The minimum atomic E-state index is -0.144. The van der Waals surface area contributed by atoms with Crippen LogP contribution in [-0.2, 0) is 10.8 Å². The standard InChI is InChI=1S/C56H42N2/c1-55(2)48-27-15-25-45(52(48)46-32-38-18-8-9-19-39(38)33-49(46)55)51-34-50(57-54(58-51)37-16-6-5-7-17-37)36-30-28-35(29-31-36)40-20-10-11-21-41(40)43-23-14-24-44-42-22-12-13-26-47(42)56(3,4)53(43)44/h5-34H,1-4H3. The van der Waals surface area contributed by atoms with E-state index in [9.17, 15) is 0 Å². The molecule has 0 saturated heterocycles. The number of fused-ring (bicyclic) bond motifs is 7. The summed E-state index contributed by atoms with van der Waals surface area (Å²) < 4.78 is 0. The molecule has 11 rings (SSSR count). The minimum absolute atomic E-state index is 0.106. The Bertz CT molecular complexity index is 3100. The maximum absolute atomic E-state index is 5.31. The fourth-order valence-electron chi connectivity index (χ4n) is 10.00. The van der Waals surface area contributed by atoms with Crippen LogP contribution >= 0.6 is 0 Å². The van der Waals surface area contributed by atoms with Crippen LogP contribution in [0.3, 0.4) is 0 Å². The molecule has 8 aromatic carbocycles. The first-order chi connectivity index (χ1) is 28.3. The minimum Gasteiger partial charge on any atom is -0.228 e. The van der Waals surface area contributed by atoms with Crippen molar-refractivity contribution in [2.45, 2.75) is 38.5 Å². The number of benzene rings is 8. The molecule has 0 aliphatic heterocycles. The van der Waals surface area contributed by atoms with Gasteiger partial charge in [0.15, 0.2) is 5.82 Å². The summed E-state index contributed by atoms with van der Waals surface area (Å²) in [6.07, 6.45) is 0.